The molecule has 2 N–H and O–H groups in total. The summed E-state index contributed by atoms with van der Waals surface area (Å²) >= 11 is 0. The highest BCUT2D eigenvalue weighted by atomic mass is 16.5. The van der Waals surface area contributed by atoms with Gasteiger partial charge in [0, 0.05) is 52.4 Å². The number of aliphatic hydroxyl groups is 2. The summed E-state index contributed by atoms with van der Waals surface area (Å²) in [5.41, 5.74) is 2.06. The van der Waals surface area contributed by atoms with E-state index in [0.29, 0.717) is 65.4 Å². The number of hydrogen-bond acceptors (Lipinski definition) is 7. The molecule has 3 aliphatic heterocycles. The van der Waals surface area contributed by atoms with Crippen molar-refractivity contribution in [2.45, 2.75) is 37.1 Å². The van der Waals surface area contributed by atoms with Gasteiger partial charge in [-0.2, -0.15) is 0 Å². The van der Waals surface area contributed by atoms with Crippen LogP contribution < -0.4 is 0 Å². The SMILES string of the molecule is O=C1N(CCN2CCOCC2)C(Cc2ccccc2)C(O)C(O)C(Cc2ccccc2)N1CCN1CCOCC1. The van der Waals surface area contributed by atoms with Crippen molar-refractivity contribution in [1.82, 2.24) is 19.6 Å². The summed E-state index contributed by atoms with van der Waals surface area (Å²) in [4.78, 5) is 22.8. The van der Waals surface area contributed by atoms with Gasteiger partial charge in [-0.15, -0.1) is 0 Å². The molecule has 3 aliphatic rings. The molecule has 2 aromatic rings. The number of carbonyl (C=O) groups is 1. The minimum atomic E-state index is -1.09. The maximum absolute atomic E-state index is 14.5. The third-order valence-electron chi connectivity index (χ3n) is 8.53. The molecule has 0 bridgehead atoms. The normalized spacial score (nSPS) is 27.1. The van der Waals surface area contributed by atoms with E-state index in [1.54, 1.807) is 0 Å². The number of ether oxygens (including phenoxy) is 2. The molecule has 4 unspecified atom stereocenters. The van der Waals surface area contributed by atoms with Crippen LogP contribution in [0.15, 0.2) is 60.7 Å². The molecule has 9 nitrogen and oxygen atoms in total. The number of amides is 2. The molecule has 0 spiro atoms. The van der Waals surface area contributed by atoms with Gasteiger partial charge in [0.1, 0.15) is 12.2 Å². The van der Waals surface area contributed by atoms with Gasteiger partial charge in [-0.05, 0) is 24.0 Å². The summed E-state index contributed by atoms with van der Waals surface area (Å²) < 4.78 is 11.0. The van der Waals surface area contributed by atoms with Crippen molar-refractivity contribution in [3.8, 4) is 0 Å². The standard InChI is InChI=1S/C31H44N4O5/c36-29-27(23-25-7-3-1-4-8-25)34(13-11-32-15-19-39-20-16-32)31(38)35(14-12-33-17-21-40-22-18-33)28(30(29)37)24-26-9-5-2-6-10-26/h1-10,27-30,36-37H,11-24H2. The molecule has 5 rings (SSSR count). The zero-order valence-corrected chi connectivity index (χ0v) is 23.4. The molecule has 3 heterocycles. The monoisotopic (exact) mass is 552 g/mol. The maximum Gasteiger partial charge on any atom is 0.320 e. The van der Waals surface area contributed by atoms with Gasteiger partial charge < -0.3 is 29.5 Å². The lowest BCUT2D eigenvalue weighted by Crippen LogP contribution is -2.55. The van der Waals surface area contributed by atoms with E-state index in [9.17, 15) is 15.0 Å². The number of aliphatic hydroxyl groups excluding tert-OH is 2. The number of hydrogen-bond donors (Lipinski definition) is 2. The number of carbonyl (C=O) groups excluding carboxylic acids is 1. The molecule has 0 aliphatic carbocycles. The Morgan fingerprint density at radius 1 is 0.600 bits per heavy atom. The summed E-state index contributed by atoms with van der Waals surface area (Å²) in [5, 5.41) is 23.5. The number of nitrogens with zero attached hydrogens (tertiary/aromatic N) is 4. The molecular weight excluding hydrogens is 508 g/mol. The van der Waals surface area contributed by atoms with Crippen molar-refractivity contribution >= 4 is 6.03 Å². The second kappa shape index (κ2) is 14.4. The summed E-state index contributed by atoms with van der Waals surface area (Å²) in [6.45, 7) is 8.41. The Hall–Kier alpha value is -2.53. The van der Waals surface area contributed by atoms with Crippen LogP contribution in [-0.2, 0) is 22.3 Å². The average Bonchev–Trinajstić information content (AvgIpc) is 3.07. The smallest absolute Gasteiger partial charge is 0.320 e. The first kappa shape index (κ1) is 29.0. The van der Waals surface area contributed by atoms with Crippen LogP contribution in [0.2, 0.25) is 0 Å². The van der Waals surface area contributed by atoms with E-state index in [1.165, 1.54) is 0 Å². The third kappa shape index (κ3) is 7.40. The first-order valence-corrected chi connectivity index (χ1v) is 14.7. The molecule has 4 atom stereocenters. The second-order valence-electron chi connectivity index (χ2n) is 11.1. The third-order valence-corrected chi connectivity index (χ3v) is 8.53. The maximum atomic E-state index is 14.5. The van der Waals surface area contributed by atoms with Crippen molar-refractivity contribution < 1.29 is 24.5 Å². The highest BCUT2D eigenvalue weighted by Crippen LogP contribution is 2.27. The topological polar surface area (TPSA) is 89.0 Å². The lowest BCUT2D eigenvalue weighted by atomic mass is 9.91. The lowest BCUT2D eigenvalue weighted by molar-refractivity contribution is -0.0418. The van der Waals surface area contributed by atoms with E-state index in [4.69, 9.17) is 9.47 Å². The van der Waals surface area contributed by atoms with Crippen molar-refractivity contribution in [2.75, 3.05) is 78.8 Å². The molecule has 9 heteroatoms. The Balaban J connectivity index is 1.44. The predicted octanol–water partition coefficient (Wildman–Crippen LogP) is 1.33. The van der Waals surface area contributed by atoms with Crippen LogP contribution >= 0.6 is 0 Å². The van der Waals surface area contributed by atoms with E-state index in [2.05, 4.69) is 9.80 Å². The summed E-state index contributed by atoms with van der Waals surface area (Å²) in [7, 11) is 0. The fraction of sp³-hybridized carbons (Fsp3) is 0.581. The van der Waals surface area contributed by atoms with Crippen molar-refractivity contribution in [3.05, 3.63) is 71.8 Å². The highest BCUT2D eigenvalue weighted by Gasteiger charge is 2.46. The first-order valence-electron chi connectivity index (χ1n) is 14.7. The minimum absolute atomic E-state index is 0.112. The van der Waals surface area contributed by atoms with E-state index in [0.717, 1.165) is 37.3 Å². The molecule has 0 aromatic heterocycles. The van der Waals surface area contributed by atoms with Crippen LogP contribution in [0, 0.1) is 0 Å². The Labute approximate surface area is 237 Å². The number of rotatable bonds is 10. The predicted molar refractivity (Wildman–Crippen MR) is 153 cm³/mol. The van der Waals surface area contributed by atoms with Crippen molar-refractivity contribution in [3.63, 3.8) is 0 Å². The van der Waals surface area contributed by atoms with E-state index < -0.39 is 24.3 Å². The van der Waals surface area contributed by atoms with Gasteiger partial charge in [-0.1, -0.05) is 60.7 Å². The van der Waals surface area contributed by atoms with Crippen LogP contribution in [0.5, 0.6) is 0 Å². The zero-order valence-electron chi connectivity index (χ0n) is 23.4. The fourth-order valence-electron chi connectivity index (χ4n) is 6.12. The van der Waals surface area contributed by atoms with Gasteiger partial charge in [0.15, 0.2) is 0 Å². The Morgan fingerprint density at radius 3 is 1.35 bits per heavy atom. The van der Waals surface area contributed by atoms with Gasteiger partial charge in [-0.25, -0.2) is 4.79 Å². The minimum Gasteiger partial charge on any atom is -0.388 e. The highest BCUT2D eigenvalue weighted by molar-refractivity contribution is 5.76. The molecule has 0 saturated carbocycles. The summed E-state index contributed by atoms with van der Waals surface area (Å²) in [5.74, 6) is 0. The van der Waals surface area contributed by atoms with Crippen molar-refractivity contribution in [2.24, 2.45) is 0 Å². The molecule has 2 aromatic carbocycles. The quantitative estimate of drug-likeness (QED) is 0.460. The van der Waals surface area contributed by atoms with Crippen LogP contribution in [0.1, 0.15) is 11.1 Å². The Morgan fingerprint density at radius 2 is 0.975 bits per heavy atom. The number of urea groups is 1. The van der Waals surface area contributed by atoms with Gasteiger partial charge in [-0.3, -0.25) is 9.80 Å². The number of benzene rings is 2. The fourth-order valence-corrected chi connectivity index (χ4v) is 6.12. The van der Waals surface area contributed by atoms with Gasteiger partial charge in [0.25, 0.3) is 0 Å². The molecular formula is C31H44N4O5. The summed E-state index contributed by atoms with van der Waals surface area (Å²) in [6, 6.07) is 18.7. The molecule has 0 radical (unpaired) electrons. The van der Waals surface area contributed by atoms with Gasteiger partial charge in [0.05, 0.1) is 38.5 Å². The van der Waals surface area contributed by atoms with Gasteiger partial charge in [0.2, 0.25) is 0 Å². The Bertz CT molecular complexity index is 951. The molecule has 2 amide bonds. The van der Waals surface area contributed by atoms with Crippen LogP contribution in [0.25, 0.3) is 0 Å². The first-order chi connectivity index (χ1) is 19.6. The largest absolute Gasteiger partial charge is 0.388 e. The van der Waals surface area contributed by atoms with E-state index >= 15 is 0 Å². The van der Waals surface area contributed by atoms with E-state index in [1.807, 2.05) is 70.5 Å². The number of morpholine rings is 2. The van der Waals surface area contributed by atoms with E-state index in [-0.39, 0.29) is 6.03 Å². The van der Waals surface area contributed by atoms with Crippen LogP contribution in [0.3, 0.4) is 0 Å². The second-order valence-corrected chi connectivity index (χ2v) is 11.1. The molecule has 3 saturated heterocycles. The van der Waals surface area contributed by atoms with Crippen molar-refractivity contribution in [1.29, 1.82) is 0 Å². The summed E-state index contributed by atoms with van der Waals surface area (Å²) in [6.07, 6.45) is -1.22. The van der Waals surface area contributed by atoms with Crippen LogP contribution in [-0.4, -0.2) is 139 Å². The zero-order chi connectivity index (χ0) is 27.7. The molecule has 3 fully saturated rings. The van der Waals surface area contributed by atoms with Gasteiger partial charge >= 0.3 is 6.03 Å². The lowest BCUT2D eigenvalue weighted by Gasteiger charge is -2.38. The Kier molecular flexibility index (Phi) is 10.4. The molecule has 40 heavy (non-hydrogen) atoms. The van der Waals surface area contributed by atoms with Crippen LogP contribution in [0.4, 0.5) is 4.79 Å². The molecule has 218 valence electrons. The average molecular weight is 553 g/mol.